The first-order valence-corrected chi connectivity index (χ1v) is 14.3. The van der Waals surface area contributed by atoms with E-state index in [1.807, 2.05) is 54.0 Å². The van der Waals surface area contributed by atoms with Gasteiger partial charge >= 0.3 is 5.97 Å². The van der Waals surface area contributed by atoms with Crippen molar-refractivity contribution in [3.05, 3.63) is 86.7 Å². The number of thioether (sulfide) groups is 1. The Bertz CT molecular complexity index is 1580. The molecule has 1 aromatic heterocycles. The number of carbonyl (C=O) groups is 2. The number of nitrogens with zero attached hydrogens (tertiary/aromatic N) is 4. The lowest BCUT2D eigenvalue weighted by Crippen LogP contribution is -2.20. The number of nitrogens with one attached hydrogen (secondary N) is 2. The lowest BCUT2D eigenvalue weighted by atomic mass is 10.1. The van der Waals surface area contributed by atoms with Crippen molar-refractivity contribution in [1.82, 2.24) is 20.2 Å². The quantitative estimate of drug-likeness (QED) is 0.0834. The molecule has 13 heteroatoms. The zero-order valence-electron chi connectivity index (χ0n) is 22.4. The molecule has 0 aliphatic heterocycles. The number of amides is 1. The fourth-order valence-corrected chi connectivity index (χ4v) is 5.36. The van der Waals surface area contributed by atoms with Crippen LogP contribution < -0.4 is 20.2 Å². The molecule has 3 aromatic carbocycles. The number of anilines is 1. The van der Waals surface area contributed by atoms with Crippen LogP contribution in [-0.2, 0) is 11.3 Å². The van der Waals surface area contributed by atoms with E-state index in [9.17, 15) is 14.7 Å². The molecule has 0 atom stereocenters. The van der Waals surface area contributed by atoms with Crippen LogP contribution in [0.1, 0.15) is 27.3 Å². The summed E-state index contributed by atoms with van der Waals surface area (Å²) in [6.45, 7) is 2.47. The number of carboxylic acids is 1. The largest absolute Gasteiger partial charge is 0.493 e. The van der Waals surface area contributed by atoms with Crippen LogP contribution in [0.2, 0.25) is 0 Å². The number of para-hydroxylation sites is 1. The number of benzene rings is 3. The molecule has 0 fully saturated rings. The number of carboxylic acid groups (broad SMARTS) is 1. The molecule has 0 unspecified atom stereocenters. The van der Waals surface area contributed by atoms with Crippen LogP contribution in [0.4, 0.5) is 5.69 Å². The third-order valence-corrected chi connectivity index (χ3v) is 7.46. The Morgan fingerprint density at radius 1 is 1.10 bits per heavy atom. The third kappa shape index (κ3) is 7.35. The van der Waals surface area contributed by atoms with E-state index in [2.05, 4.69) is 54.7 Å². The van der Waals surface area contributed by atoms with Crippen molar-refractivity contribution in [2.24, 2.45) is 5.10 Å². The highest BCUT2D eigenvalue weighted by Crippen LogP contribution is 2.33. The monoisotopic (exact) mass is 686 g/mol. The molecule has 0 spiro atoms. The van der Waals surface area contributed by atoms with Crippen molar-refractivity contribution in [2.75, 3.05) is 25.3 Å². The normalized spacial score (nSPS) is 10.9. The van der Waals surface area contributed by atoms with Crippen LogP contribution >= 0.6 is 34.4 Å². The minimum absolute atomic E-state index is 0.00366. The van der Waals surface area contributed by atoms with E-state index in [1.165, 1.54) is 38.3 Å². The predicted molar refractivity (Wildman–Crippen MR) is 166 cm³/mol. The molecule has 1 heterocycles. The number of rotatable bonds is 12. The van der Waals surface area contributed by atoms with Gasteiger partial charge in [-0.25, -0.2) is 10.2 Å². The fourth-order valence-electron chi connectivity index (χ4n) is 3.95. The minimum atomic E-state index is -1.22. The van der Waals surface area contributed by atoms with Gasteiger partial charge in [0.1, 0.15) is 5.56 Å². The van der Waals surface area contributed by atoms with Crippen molar-refractivity contribution >= 4 is 58.1 Å². The summed E-state index contributed by atoms with van der Waals surface area (Å²) in [6, 6.07) is 18.9. The minimum Gasteiger partial charge on any atom is -0.493 e. The molecule has 11 nitrogen and oxygen atoms in total. The van der Waals surface area contributed by atoms with Gasteiger partial charge in [0.2, 0.25) is 0 Å². The third-order valence-electron chi connectivity index (χ3n) is 5.86. The molecule has 0 saturated carbocycles. The van der Waals surface area contributed by atoms with Gasteiger partial charge in [0.25, 0.3) is 5.91 Å². The molecular weight excluding hydrogens is 659 g/mol. The topological polar surface area (TPSA) is 140 Å². The summed E-state index contributed by atoms with van der Waals surface area (Å²) in [4.78, 5) is 24.4. The fraction of sp³-hybridized carbons (Fsp3) is 0.179. The lowest BCUT2D eigenvalue weighted by Gasteiger charge is -2.13. The Labute approximate surface area is 254 Å². The van der Waals surface area contributed by atoms with Gasteiger partial charge in [0, 0.05) is 20.5 Å². The average molecular weight is 687 g/mol. The number of hydrazone groups is 1. The Kier molecular flexibility index (Phi) is 10.2. The summed E-state index contributed by atoms with van der Waals surface area (Å²) in [6.07, 6.45) is 1.25. The lowest BCUT2D eigenvalue weighted by molar-refractivity contribution is -0.118. The Morgan fingerprint density at radius 3 is 2.56 bits per heavy atom. The first kappa shape index (κ1) is 29.9. The van der Waals surface area contributed by atoms with Crippen LogP contribution in [0.15, 0.2) is 70.9 Å². The summed E-state index contributed by atoms with van der Waals surface area (Å²) >= 11 is 3.49. The van der Waals surface area contributed by atoms with Gasteiger partial charge in [0.15, 0.2) is 22.5 Å². The second kappa shape index (κ2) is 14.0. The number of hydrogen-bond acceptors (Lipinski definition) is 9. The molecule has 1 amide bonds. The van der Waals surface area contributed by atoms with Crippen LogP contribution in [-0.4, -0.2) is 57.9 Å². The van der Waals surface area contributed by atoms with Gasteiger partial charge in [-0.05, 0) is 77.5 Å². The van der Waals surface area contributed by atoms with E-state index in [0.717, 1.165) is 20.5 Å². The molecule has 4 aromatic rings. The molecule has 0 aliphatic carbocycles. The zero-order valence-corrected chi connectivity index (χ0v) is 25.4. The Balaban J connectivity index is 1.46. The molecule has 3 N–H and O–H groups in total. The van der Waals surface area contributed by atoms with Gasteiger partial charge in [-0.15, -0.1) is 10.2 Å². The van der Waals surface area contributed by atoms with Crippen LogP contribution in [0.3, 0.4) is 0 Å². The number of halogens is 1. The highest BCUT2D eigenvalue weighted by molar-refractivity contribution is 14.1. The number of aromatic carboxylic acids is 1. The first-order valence-electron chi connectivity index (χ1n) is 12.2. The summed E-state index contributed by atoms with van der Waals surface area (Å²) in [7, 11) is 2.76. The van der Waals surface area contributed by atoms with Crippen LogP contribution in [0.5, 0.6) is 11.5 Å². The average Bonchev–Trinajstić information content (AvgIpc) is 3.38. The summed E-state index contributed by atoms with van der Waals surface area (Å²) in [5, 5.41) is 26.3. The number of aryl methyl sites for hydroxylation is 1. The van der Waals surface area contributed by atoms with Crippen molar-refractivity contribution in [2.45, 2.75) is 18.6 Å². The predicted octanol–water partition coefficient (Wildman–Crippen LogP) is 4.75. The van der Waals surface area contributed by atoms with Gasteiger partial charge in [-0.3, -0.25) is 9.36 Å². The van der Waals surface area contributed by atoms with E-state index in [0.29, 0.717) is 17.5 Å². The van der Waals surface area contributed by atoms with Gasteiger partial charge in [0.05, 0.1) is 32.7 Å². The van der Waals surface area contributed by atoms with Crippen molar-refractivity contribution in [3.63, 3.8) is 0 Å². The summed E-state index contributed by atoms with van der Waals surface area (Å²) in [5.74, 6) is -0.595. The Hall–Kier alpha value is -4.11. The second-order valence-corrected chi connectivity index (χ2v) is 10.7. The maximum Gasteiger partial charge on any atom is 0.340 e. The summed E-state index contributed by atoms with van der Waals surface area (Å²) in [5.41, 5.74) is 5.53. The molecular formula is C28H27IN6O5S. The molecule has 212 valence electrons. The van der Waals surface area contributed by atoms with Gasteiger partial charge < -0.3 is 19.9 Å². The molecule has 4 rings (SSSR count). The number of ether oxygens (including phenoxy) is 2. The Morgan fingerprint density at radius 2 is 1.88 bits per heavy atom. The van der Waals surface area contributed by atoms with E-state index in [1.54, 1.807) is 6.07 Å². The number of carbonyl (C=O) groups excluding carboxylic acids is 1. The SMILES string of the molecule is COc1ccc(/C=N/NC(=O)CSc2nnc(CNc3ccc(I)cc3C)n2-c2ccccc2)c(C(=O)O)c1OC. The van der Waals surface area contributed by atoms with Gasteiger partial charge in [-0.1, -0.05) is 30.0 Å². The van der Waals surface area contributed by atoms with Crippen molar-refractivity contribution in [1.29, 1.82) is 0 Å². The second-order valence-electron chi connectivity index (χ2n) is 8.53. The molecule has 0 bridgehead atoms. The molecule has 41 heavy (non-hydrogen) atoms. The molecule has 0 aliphatic rings. The smallest absolute Gasteiger partial charge is 0.340 e. The highest BCUT2D eigenvalue weighted by Gasteiger charge is 2.20. The van der Waals surface area contributed by atoms with E-state index >= 15 is 0 Å². The van der Waals surface area contributed by atoms with E-state index in [-0.39, 0.29) is 28.4 Å². The van der Waals surface area contributed by atoms with Gasteiger partial charge in [-0.2, -0.15) is 5.10 Å². The maximum absolute atomic E-state index is 12.6. The van der Waals surface area contributed by atoms with Crippen molar-refractivity contribution < 1.29 is 24.2 Å². The standard InChI is InChI=1S/C28H27IN6O5S/c1-17-13-19(29)10-11-21(17)30-15-23-32-34-28(35(23)20-7-5-4-6-8-20)41-16-24(36)33-31-14-18-9-12-22(39-2)26(40-3)25(18)27(37)38/h4-14,30H,15-16H2,1-3H3,(H,33,36)(H,37,38)/b31-14+. The maximum atomic E-state index is 12.6. The highest BCUT2D eigenvalue weighted by atomic mass is 127. The number of methoxy groups -OCH3 is 2. The zero-order chi connectivity index (χ0) is 29.4. The molecule has 0 radical (unpaired) electrons. The van der Waals surface area contributed by atoms with Crippen LogP contribution in [0.25, 0.3) is 5.69 Å². The summed E-state index contributed by atoms with van der Waals surface area (Å²) < 4.78 is 13.4. The first-order chi connectivity index (χ1) is 19.8. The number of aromatic nitrogens is 3. The molecule has 0 saturated heterocycles. The van der Waals surface area contributed by atoms with Crippen LogP contribution in [0, 0.1) is 10.5 Å². The van der Waals surface area contributed by atoms with Crippen molar-refractivity contribution in [3.8, 4) is 17.2 Å². The number of hydrogen-bond donors (Lipinski definition) is 3. The van der Waals surface area contributed by atoms with E-state index in [4.69, 9.17) is 9.47 Å². The van der Waals surface area contributed by atoms with E-state index < -0.39 is 11.9 Å².